The summed E-state index contributed by atoms with van der Waals surface area (Å²) >= 11 is 0. The minimum atomic E-state index is -1.07. The highest BCUT2D eigenvalue weighted by Crippen LogP contribution is 2.47. The molecular weight excluding hydrogens is 496 g/mol. The Morgan fingerprint density at radius 1 is 0.974 bits per heavy atom. The van der Waals surface area contributed by atoms with Crippen LogP contribution in [0.25, 0.3) is 10.8 Å². The first-order valence-electron chi connectivity index (χ1n) is 13.9. The monoisotopic (exact) mass is 538 g/mol. The van der Waals surface area contributed by atoms with E-state index in [0.717, 1.165) is 22.8 Å². The molecule has 2 aromatic carbocycles. The molecule has 4 rings (SSSR count). The van der Waals surface area contributed by atoms with Crippen LogP contribution in [0.2, 0.25) is 0 Å². The lowest BCUT2D eigenvalue weighted by molar-refractivity contribution is -0.161. The molecule has 2 aromatic rings. The van der Waals surface area contributed by atoms with Crippen LogP contribution in [0.3, 0.4) is 0 Å². The summed E-state index contributed by atoms with van der Waals surface area (Å²) in [6.45, 7) is 13.3. The zero-order chi connectivity index (χ0) is 28.6. The molecule has 0 bridgehead atoms. The molecule has 212 valence electrons. The summed E-state index contributed by atoms with van der Waals surface area (Å²) in [5.41, 5.74) is -1.42. The number of nitrogens with one attached hydrogen (secondary N) is 1. The summed E-state index contributed by atoms with van der Waals surface area (Å²) in [5.74, 6) is -0.828. The predicted octanol–water partition coefficient (Wildman–Crippen LogP) is 5.36. The second-order valence-corrected chi connectivity index (χ2v) is 12.7. The molecule has 1 heterocycles. The van der Waals surface area contributed by atoms with E-state index in [4.69, 9.17) is 14.2 Å². The van der Waals surface area contributed by atoms with E-state index in [-0.39, 0.29) is 24.5 Å². The Balaban J connectivity index is 1.51. The molecule has 39 heavy (non-hydrogen) atoms. The summed E-state index contributed by atoms with van der Waals surface area (Å²) < 4.78 is 17.6. The molecule has 0 aromatic heterocycles. The fourth-order valence-electron chi connectivity index (χ4n) is 5.26. The molecule has 2 fully saturated rings. The number of esters is 1. The quantitative estimate of drug-likeness (QED) is 0.477. The number of nitrogens with zero attached hydrogens (tertiary/aromatic N) is 1. The molecule has 1 aliphatic carbocycles. The van der Waals surface area contributed by atoms with Gasteiger partial charge in [-0.2, -0.15) is 0 Å². The second-order valence-electron chi connectivity index (χ2n) is 12.7. The third-order valence-corrected chi connectivity index (χ3v) is 7.26. The first kappa shape index (κ1) is 28.9. The lowest BCUT2D eigenvalue weighted by Gasteiger charge is -2.30. The van der Waals surface area contributed by atoms with Crippen molar-refractivity contribution in [3.63, 3.8) is 0 Å². The Labute approximate surface area is 231 Å². The maximum Gasteiger partial charge on any atom is 0.411 e. The molecule has 1 saturated heterocycles. The van der Waals surface area contributed by atoms with E-state index in [1.54, 1.807) is 20.8 Å². The molecule has 0 spiro atoms. The molecule has 4 atom stereocenters. The van der Waals surface area contributed by atoms with E-state index in [2.05, 4.69) is 23.5 Å². The molecule has 8 heteroatoms. The summed E-state index contributed by atoms with van der Waals surface area (Å²) in [5, 5.41) is 5.21. The van der Waals surface area contributed by atoms with Gasteiger partial charge in [0.2, 0.25) is 5.91 Å². The van der Waals surface area contributed by atoms with Gasteiger partial charge in [0.05, 0.1) is 19.3 Å². The summed E-state index contributed by atoms with van der Waals surface area (Å²) in [7, 11) is 0. The first-order valence-corrected chi connectivity index (χ1v) is 13.9. The number of rotatable bonds is 7. The molecule has 0 radical (unpaired) electrons. The normalized spacial score (nSPS) is 24.9. The van der Waals surface area contributed by atoms with Crippen LogP contribution < -0.4 is 5.32 Å². The van der Waals surface area contributed by atoms with Gasteiger partial charge in [-0.25, -0.2) is 9.59 Å². The minimum Gasteiger partial charge on any atom is -0.458 e. The van der Waals surface area contributed by atoms with Crippen molar-refractivity contribution in [3.05, 3.63) is 48.0 Å². The van der Waals surface area contributed by atoms with Gasteiger partial charge in [0.1, 0.15) is 22.8 Å². The second kappa shape index (κ2) is 10.8. The highest BCUT2D eigenvalue weighted by atomic mass is 16.6. The maximum atomic E-state index is 13.7. The van der Waals surface area contributed by atoms with Crippen LogP contribution in [-0.2, 0) is 30.4 Å². The van der Waals surface area contributed by atoms with Crippen molar-refractivity contribution in [1.29, 1.82) is 0 Å². The Bertz CT molecular complexity index is 1220. The summed E-state index contributed by atoms with van der Waals surface area (Å²) in [6.07, 6.45) is 0.608. The van der Waals surface area contributed by atoms with Crippen molar-refractivity contribution >= 4 is 28.7 Å². The molecule has 2 amide bonds. The maximum absolute atomic E-state index is 13.7. The number of fused-ring (bicyclic) bond motifs is 1. The summed E-state index contributed by atoms with van der Waals surface area (Å²) in [4.78, 5) is 41.4. The van der Waals surface area contributed by atoms with Gasteiger partial charge in [0.25, 0.3) is 0 Å². The van der Waals surface area contributed by atoms with Gasteiger partial charge >= 0.3 is 12.1 Å². The van der Waals surface area contributed by atoms with E-state index in [1.165, 1.54) is 4.90 Å². The van der Waals surface area contributed by atoms with Gasteiger partial charge in [-0.3, -0.25) is 9.69 Å². The Kier molecular flexibility index (Phi) is 7.99. The Morgan fingerprint density at radius 2 is 1.64 bits per heavy atom. The van der Waals surface area contributed by atoms with Gasteiger partial charge in [-0.05, 0) is 70.2 Å². The van der Waals surface area contributed by atoms with Crippen LogP contribution in [0.5, 0.6) is 0 Å². The van der Waals surface area contributed by atoms with Crippen LogP contribution in [0.4, 0.5) is 4.79 Å². The molecule has 1 aliphatic heterocycles. The van der Waals surface area contributed by atoms with Crippen molar-refractivity contribution in [3.8, 4) is 0 Å². The van der Waals surface area contributed by atoms with Crippen molar-refractivity contribution in [1.82, 2.24) is 10.2 Å². The SMILES string of the molecule is CC[C@H]1C[C@]1(NC(=O)[C@H]1C[C@@H](OCc2cccc3ccccc23)CN1C(=O)OC(C)(C)C)C(=O)OC(C)(C)C. The average Bonchev–Trinajstić information content (AvgIpc) is 3.38. The largest absolute Gasteiger partial charge is 0.458 e. The number of benzene rings is 2. The van der Waals surface area contributed by atoms with Crippen LogP contribution in [-0.4, -0.2) is 58.3 Å². The molecular formula is C31H42N2O6. The molecule has 1 saturated carbocycles. The number of carbonyl (C=O) groups is 3. The Hall–Kier alpha value is -3.13. The van der Waals surface area contributed by atoms with E-state index in [9.17, 15) is 14.4 Å². The van der Waals surface area contributed by atoms with Gasteiger partial charge in [0.15, 0.2) is 0 Å². The third-order valence-electron chi connectivity index (χ3n) is 7.26. The van der Waals surface area contributed by atoms with E-state index >= 15 is 0 Å². The lowest BCUT2D eigenvalue weighted by Crippen LogP contribution is -2.54. The van der Waals surface area contributed by atoms with Gasteiger partial charge in [0, 0.05) is 6.42 Å². The Morgan fingerprint density at radius 3 is 2.28 bits per heavy atom. The standard InChI is InChI=1S/C31H42N2O6/c1-8-22-17-31(22,27(35)38-29(2,3)4)32-26(34)25-16-23(18-33(25)28(36)39-30(5,6)7)37-19-21-14-11-13-20-12-9-10-15-24(20)21/h9-15,22-23,25H,8,16-19H2,1-7H3,(H,32,34)/t22-,23+,25+,31+/m0/s1. The third kappa shape index (κ3) is 6.72. The fourth-order valence-corrected chi connectivity index (χ4v) is 5.26. The van der Waals surface area contributed by atoms with E-state index in [1.807, 2.05) is 52.0 Å². The van der Waals surface area contributed by atoms with Crippen LogP contribution in [0, 0.1) is 5.92 Å². The van der Waals surface area contributed by atoms with Gasteiger partial charge in [-0.1, -0.05) is 55.8 Å². The lowest BCUT2D eigenvalue weighted by atomic mass is 10.1. The number of hydrogen-bond donors (Lipinski definition) is 1. The average molecular weight is 539 g/mol. The van der Waals surface area contributed by atoms with Crippen molar-refractivity contribution < 1.29 is 28.6 Å². The van der Waals surface area contributed by atoms with Crippen molar-refractivity contribution in [2.24, 2.45) is 5.92 Å². The molecule has 0 unspecified atom stereocenters. The number of carbonyl (C=O) groups excluding carboxylic acids is 3. The number of amides is 2. The van der Waals surface area contributed by atoms with E-state index < -0.39 is 34.8 Å². The zero-order valence-electron chi connectivity index (χ0n) is 24.2. The van der Waals surface area contributed by atoms with Crippen LogP contribution >= 0.6 is 0 Å². The number of ether oxygens (including phenoxy) is 3. The number of likely N-dealkylation sites (tertiary alicyclic amines) is 1. The topological polar surface area (TPSA) is 94.2 Å². The van der Waals surface area contributed by atoms with Crippen molar-refractivity contribution in [2.75, 3.05) is 6.54 Å². The first-order chi connectivity index (χ1) is 18.2. The van der Waals surface area contributed by atoms with Gasteiger partial charge < -0.3 is 19.5 Å². The highest BCUT2D eigenvalue weighted by Gasteiger charge is 2.62. The van der Waals surface area contributed by atoms with Crippen LogP contribution in [0.1, 0.15) is 73.3 Å². The highest BCUT2D eigenvalue weighted by molar-refractivity contribution is 5.94. The minimum absolute atomic E-state index is 0.00825. The molecule has 2 aliphatic rings. The summed E-state index contributed by atoms with van der Waals surface area (Å²) in [6, 6.07) is 13.4. The molecule has 1 N–H and O–H groups in total. The number of hydrogen-bond acceptors (Lipinski definition) is 6. The predicted molar refractivity (Wildman–Crippen MR) is 149 cm³/mol. The fraction of sp³-hybridized carbons (Fsp3) is 0.581. The molecule has 8 nitrogen and oxygen atoms in total. The van der Waals surface area contributed by atoms with E-state index in [0.29, 0.717) is 19.4 Å². The van der Waals surface area contributed by atoms with Crippen LogP contribution in [0.15, 0.2) is 42.5 Å². The smallest absolute Gasteiger partial charge is 0.411 e. The van der Waals surface area contributed by atoms with Gasteiger partial charge in [-0.15, -0.1) is 0 Å². The van der Waals surface area contributed by atoms with Crippen molar-refractivity contribution in [2.45, 2.75) is 103 Å². The zero-order valence-corrected chi connectivity index (χ0v) is 24.2.